The van der Waals surface area contributed by atoms with E-state index in [0.29, 0.717) is 17.0 Å². The monoisotopic (exact) mass is 419 g/mol. The molecule has 1 saturated heterocycles. The maximum absolute atomic E-state index is 12.4. The second kappa shape index (κ2) is 6.77. The molecule has 1 aromatic carbocycles. The second-order valence-corrected chi connectivity index (χ2v) is 8.94. The van der Waals surface area contributed by atoms with Crippen LogP contribution in [-0.2, 0) is 7.05 Å². The molecule has 0 amide bonds. The van der Waals surface area contributed by atoms with E-state index in [1.165, 1.54) is 4.68 Å². The molecule has 3 heterocycles. The Balaban J connectivity index is 1.38. The smallest absolute Gasteiger partial charge is 0.345 e. The lowest BCUT2D eigenvalue weighted by Gasteiger charge is -2.31. The fourth-order valence-electron chi connectivity index (χ4n) is 4.02. The summed E-state index contributed by atoms with van der Waals surface area (Å²) in [6, 6.07) is 4.07. The first-order valence-electron chi connectivity index (χ1n) is 9.60. The third-order valence-electron chi connectivity index (χ3n) is 5.69. The van der Waals surface area contributed by atoms with E-state index in [9.17, 15) is 4.79 Å². The molecule has 7 nitrogen and oxygen atoms in total. The van der Waals surface area contributed by atoms with Crippen molar-refractivity contribution >= 4 is 38.3 Å². The third kappa shape index (κ3) is 2.90. The Bertz CT molecular complexity index is 1090. The standard InChI is InChI=1S/C19H22ClN5O2S/c1-23-19(26)25(12-3-4-12)17(22-23)11-7-9-24(10-8-11)18-21-15-14(27-2)6-5-13(20)16(15)28-18/h5-6,11-12H,3-4,7-10H2,1-2H3. The van der Waals surface area contributed by atoms with Crippen molar-refractivity contribution in [3.05, 3.63) is 33.5 Å². The molecule has 5 rings (SSSR count). The average molecular weight is 420 g/mol. The molecule has 0 N–H and O–H groups in total. The van der Waals surface area contributed by atoms with Crippen molar-refractivity contribution in [3.63, 3.8) is 0 Å². The number of rotatable bonds is 4. The van der Waals surface area contributed by atoms with Gasteiger partial charge in [-0.2, -0.15) is 5.10 Å². The van der Waals surface area contributed by atoms with E-state index in [1.54, 1.807) is 25.5 Å². The predicted octanol–water partition coefficient (Wildman–Crippen LogP) is 3.57. The number of thiazole rings is 1. The van der Waals surface area contributed by atoms with Crippen LogP contribution in [0.2, 0.25) is 5.02 Å². The number of halogens is 1. The summed E-state index contributed by atoms with van der Waals surface area (Å²) in [5.41, 5.74) is 0.845. The van der Waals surface area contributed by atoms with Crippen molar-refractivity contribution in [3.8, 4) is 5.75 Å². The quantitative estimate of drug-likeness (QED) is 0.646. The number of fused-ring (bicyclic) bond motifs is 1. The van der Waals surface area contributed by atoms with Gasteiger partial charge in [0.1, 0.15) is 17.1 Å². The van der Waals surface area contributed by atoms with Crippen molar-refractivity contribution in [1.29, 1.82) is 0 Å². The number of methoxy groups -OCH3 is 1. The van der Waals surface area contributed by atoms with Gasteiger partial charge < -0.3 is 9.64 Å². The summed E-state index contributed by atoms with van der Waals surface area (Å²) in [6.45, 7) is 1.78. The molecular formula is C19H22ClN5O2S. The molecule has 1 aliphatic heterocycles. The normalized spacial score (nSPS) is 18.2. The Hall–Kier alpha value is -2.06. The largest absolute Gasteiger partial charge is 0.494 e. The zero-order chi connectivity index (χ0) is 19.4. The lowest BCUT2D eigenvalue weighted by atomic mass is 9.96. The van der Waals surface area contributed by atoms with Crippen molar-refractivity contribution in [2.45, 2.75) is 37.6 Å². The minimum absolute atomic E-state index is 0.0211. The Morgan fingerprint density at radius 3 is 2.64 bits per heavy atom. The van der Waals surface area contributed by atoms with Gasteiger partial charge in [0.25, 0.3) is 0 Å². The van der Waals surface area contributed by atoms with E-state index in [2.05, 4.69) is 10.00 Å². The van der Waals surface area contributed by atoms with Crippen LogP contribution in [0, 0.1) is 0 Å². The third-order valence-corrected chi connectivity index (χ3v) is 7.27. The first-order valence-corrected chi connectivity index (χ1v) is 10.8. The summed E-state index contributed by atoms with van der Waals surface area (Å²) in [5, 5.41) is 6.24. The van der Waals surface area contributed by atoms with Gasteiger partial charge in [-0.3, -0.25) is 4.57 Å². The number of hydrogen-bond acceptors (Lipinski definition) is 6. The van der Waals surface area contributed by atoms with Crippen LogP contribution < -0.4 is 15.3 Å². The molecular weight excluding hydrogens is 398 g/mol. The zero-order valence-electron chi connectivity index (χ0n) is 15.9. The van der Waals surface area contributed by atoms with Gasteiger partial charge in [-0.25, -0.2) is 14.5 Å². The van der Waals surface area contributed by atoms with Crippen LogP contribution in [0.3, 0.4) is 0 Å². The number of benzene rings is 1. The van der Waals surface area contributed by atoms with Gasteiger partial charge in [0.15, 0.2) is 5.13 Å². The van der Waals surface area contributed by atoms with Gasteiger partial charge in [-0.1, -0.05) is 22.9 Å². The van der Waals surface area contributed by atoms with Crippen LogP contribution in [0.25, 0.3) is 10.2 Å². The molecule has 1 aliphatic carbocycles. The predicted molar refractivity (Wildman–Crippen MR) is 111 cm³/mol. The van der Waals surface area contributed by atoms with Crippen LogP contribution in [0.4, 0.5) is 5.13 Å². The van der Waals surface area contributed by atoms with Gasteiger partial charge in [0.05, 0.1) is 16.8 Å². The number of aryl methyl sites for hydroxylation is 1. The Morgan fingerprint density at radius 2 is 1.96 bits per heavy atom. The van der Waals surface area contributed by atoms with E-state index in [-0.39, 0.29) is 5.69 Å². The maximum atomic E-state index is 12.4. The SMILES string of the molecule is COc1ccc(Cl)c2sc(N3CCC(c4nn(C)c(=O)n4C4CC4)CC3)nc12. The molecule has 9 heteroatoms. The minimum atomic E-state index is 0.0211. The number of piperidine rings is 1. The van der Waals surface area contributed by atoms with Gasteiger partial charge in [0, 0.05) is 32.1 Å². The fourth-order valence-corrected chi connectivity index (χ4v) is 5.33. The molecule has 0 spiro atoms. The molecule has 28 heavy (non-hydrogen) atoms. The molecule has 148 valence electrons. The first-order chi connectivity index (χ1) is 13.6. The highest BCUT2D eigenvalue weighted by Gasteiger charge is 2.34. The molecule has 0 bridgehead atoms. The van der Waals surface area contributed by atoms with Crippen LogP contribution in [-0.4, -0.2) is 39.5 Å². The van der Waals surface area contributed by atoms with E-state index in [1.807, 2.05) is 16.7 Å². The minimum Gasteiger partial charge on any atom is -0.494 e. The number of nitrogens with zero attached hydrogens (tertiary/aromatic N) is 5. The van der Waals surface area contributed by atoms with Crippen LogP contribution >= 0.6 is 22.9 Å². The molecule has 0 radical (unpaired) electrons. The first kappa shape index (κ1) is 18.0. The van der Waals surface area contributed by atoms with Crippen molar-refractivity contribution in [2.24, 2.45) is 7.05 Å². The van der Waals surface area contributed by atoms with Gasteiger partial charge in [-0.15, -0.1) is 0 Å². The molecule has 0 atom stereocenters. The highest BCUT2D eigenvalue weighted by atomic mass is 35.5. The van der Waals surface area contributed by atoms with Crippen molar-refractivity contribution in [1.82, 2.24) is 19.3 Å². The van der Waals surface area contributed by atoms with E-state index in [0.717, 1.165) is 65.7 Å². The maximum Gasteiger partial charge on any atom is 0.345 e. The van der Waals surface area contributed by atoms with E-state index < -0.39 is 0 Å². The zero-order valence-corrected chi connectivity index (χ0v) is 17.5. The molecule has 2 aliphatic rings. The summed E-state index contributed by atoms with van der Waals surface area (Å²) in [7, 11) is 3.40. The number of anilines is 1. The summed E-state index contributed by atoms with van der Waals surface area (Å²) in [6.07, 6.45) is 4.10. The summed E-state index contributed by atoms with van der Waals surface area (Å²) in [4.78, 5) is 19.5. The lowest BCUT2D eigenvalue weighted by Crippen LogP contribution is -2.34. The topological polar surface area (TPSA) is 65.2 Å². The second-order valence-electron chi connectivity index (χ2n) is 7.55. The van der Waals surface area contributed by atoms with Gasteiger partial charge in [0.2, 0.25) is 0 Å². The van der Waals surface area contributed by atoms with Gasteiger partial charge in [-0.05, 0) is 37.8 Å². The fraction of sp³-hybridized carbons (Fsp3) is 0.526. The van der Waals surface area contributed by atoms with Gasteiger partial charge >= 0.3 is 5.69 Å². The van der Waals surface area contributed by atoms with Crippen molar-refractivity contribution in [2.75, 3.05) is 25.1 Å². The molecule has 3 aromatic rings. The highest BCUT2D eigenvalue weighted by Crippen LogP contribution is 2.41. The summed E-state index contributed by atoms with van der Waals surface area (Å²) >= 11 is 7.97. The van der Waals surface area contributed by atoms with E-state index >= 15 is 0 Å². The van der Waals surface area contributed by atoms with Crippen LogP contribution in [0.15, 0.2) is 16.9 Å². The van der Waals surface area contributed by atoms with Crippen LogP contribution in [0.1, 0.15) is 43.5 Å². The lowest BCUT2D eigenvalue weighted by molar-refractivity contribution is 0.419. The molecule has 2 aromatic heterocycles. The van der Waals surface area contributed by atoms with E-state index in [4.69, 9.17) is 21.3 Å². The highest BCUT2D eigenvalue weighted by molar-refractivity contribution is 7.22. The van der Waals surface area contributed by atoms with Crippen molar-refractivity contribution < 1.29 is 4.74 Å². The number of aromatic nitrogens is 4. The Morgan fingerprint density at radius 1 is 1.21 bits per heavy atom. The summed E-state index contributed by atoms with van der Waals surface area (Å²) in [5.74, 6) is 2.03. The Kier molecular flexibility index (Phi) is 4.35. The number of hydrogen-bond donors (Lipinski definition) is 0. The molecule has 0 unspecified atom stereocenters. The molecule has 2 fully saturated rings. The average Bonchev–Trinajstić information content (AvgIpc) is 3.36. The summed E-state index contributed by atoms with van der Waals surface area (Å²) < 4.78 is 9.82. The molecule has 1 saturated carbocycles. The Labute approximate surface area is 171 Å². The van der Waals surface area contributed by atoms with Crippen LogP contribution in [0.5, 0.6) is 5.75 Å². The number of ether oxygens (including phenoxy) is 1.